The summed E-state index contributed by atoms with van der Waals surface area (Å²) < 4.78 is 20.7. The summed E-state index contributed by atoms with van der Waals surface area (Å²) >= 11 is 0. The van der Waals surface area contributed by atoms with E-state index in [0.29, 0.717) is 12.5 Å². The fourth-order valence-corrected chi connectivity index (χ4v) is 6.52. The number of halogens is 1. The third-order valence-electron chi connectivity index (χ3n) is 8.84. The fraction of sp³-hybridized carbons (Fsp3) is 0.294. The summed E-state index contributed by atoms with van der Waals surface area (Å²) in [6.45, 7) is 2.78. The number of rotatable bonds is 8. The van der Waals surface area contributed by atoms with Crippen molar-refractivity contribution >= 4 is 12.1 Å². The Bertz CT molecular complexity index is 1560. The maximum absolute atomic E-state index is 13.5. The highest BCUT2D eigenvalue weighted by Crippen LogP contribution is 2.55. The van der Waals surface area contributed by atoms with Crippen molar-refractivity contribution in [1.82, 2.24) is 20.4 Å². The molecule has 41 heavy (non-hydrogen) atoms. The number of carbonyl (C=O) groups excluding carboxylic acids is 1. The number of benzene rings is 3. The molecule has 0 radical (unpaired) electrons. The van der Waals surface area contributed by atoms with E-state index in [-0.39, 0.29) is 23.3 Å². The number of aromatic nitrogens is 2. The smallest absolute Gasteiger partial charge is 0.315 e. The largest absolute Gasteiger partial charge is 0.497 e. The molecule has 4 aromatic rings. The van der Waals surface area contributed by atoms with Crippen LogP contribution in [0.5, 0.6) is 5.75 Å². The number of allylic oxidation sites excluding steroid dienone is 1. The van der Waals surface area contributed by atoms with Gasteiger partial charge in [0, 0.05) is 6.54 Å². The molecule has 6 nitrogen and oxygen atoms in total. The number of hydrogen-bond donors (Lipinski definition) is 2. The van der Waals surface area contributed by atoms with Gasteiger partial charge in [-0.3, -0.25) is 0 Å². The van der Waals surface area contributed by atoms with Crippen molar-refractivity contribution in [1.29, 1.82) is 0 Å². The molecule has 2 N–H and O–H groups in total. The molecule has 6 rings (SSSR count). The van der Waals surface area contributed by atoms with Gasteiger partial charge in [-0.15, -0.1) is 0 Å². The number of nitrogens with zero attached hydrogens (tertiary/aromatic N) is 2. The molecule has 0 saturated heterocycles. The first-order chi connectivity index (χ1) is 19.9. The Kier molecular flexibility index (Phi) is 7.35. The van der Waals surface area contributed by atoms with E-state index >= 15 is 0 Å². The molecule has 2 amide bonds. The van der Waals surface area contributed by atoms with Crippen molar-refractivity contribution in [3.63, 3.8) is 0 Å². The molecular formula is C34H35FN4O2. The average molecular weight is 551 g/mol. The van der Waals surface area contributed by atoms with E-state index in [0.717, 1.165) is 53.9 Å². The van der Waals surface area contributed by atoms with Gasteiger partial charge in [0.2, 0.25) is 0 Å². The molecule has 3 aromatic carbocycles. The van der Waals surface area contributed by atoms with Crippen LogP contribution in [0, 0.1) is 17.2 Å². The van der Waals surface area contributed by atoms with Crippen LogP contribution < -0.4 is 15.4 Å². The van der Waals surface area contributed by atoms with Crippen LogP contribution in [0.1, 0.15) is 54.6 Å². The highest BCUT2D eigenvalue weighted by atomic mass is 19.1. The minimum Gasteiger partial charge on any atom is -0.497 e. The second-order valence-corrected chi connectivity index (χ2v) is 11.3. The number of methoxy groups -OCH3 is 1. The van der Waals surface area contributed by atoms with E-state index in [1.807, 2.05) is 53.3 Å². The summed E-state index contributed by atoms with van der Waals surface area (Å²) in [6.07, 6.45) is 8.05. The van der Waals surface area contributed by atoms with Crippen LogP contribution >= 0.6 is 0 Å². The van der Waals surface area contributed by atoms with Crippen molar-refractivity contribution in [3.8, 4) is 11.4 Å². The van der Waals surface area contributed by atoms with Crippen LogP contribution in [0.4, 0.5) is 9.18 Å². The monoisotopic (exact) mass is 550 g/mol. The normalized spacial score (nSPS) is 20.0. The van der Waals surface area contributed by atoms with Crippen LogP contribution in [-0.2, 0) is 13.0 Å². The van der Waals surface area contributed by atoms with Gasteiger partial charge in [0.1, 0.15) is 11.6 Å². The molecule has 1 unspecified atom stereocenters. The van der Waals surface area contributed by atoms with Crippen molar-refractivity contribution in [2.75, 3.05) is 7.11 Å². The lowest BCUT2D eigenvalue weighted by atomic mass is 9.68. The van der Waals surface area contributed by atoms with Crippen molar-refractivity contribution in [2.24, 2.45) is 11.3 Å². The van der Waals surface area contributed by atoms with Gasteiger partial charge in [-0.25, -0.2) is 13.9 Å². The number of carbonyl (C=O) groups is 1. The number of ether oxygens (including phenoxy) is 1. The van der Waals surface area contributed by atoms with Gasteiger partial charge in [0.15, 0.2) is 0 Å². The number of nitrogens with one attached hydrogen (secondary N) is 2. The minimum atomic E-state index is -0.255. The van der Waals surface area contributed by atoms with E-state index < -0.39 is 0 Å². The highest BCUT2D eigenvalue weighted by molar-refractivity contribution is 5.74. The Morgan fingerprint density at radius 1 is 1.12 bits per heavy atom. The fourth-order valence-electron chi connectivity index (χ4n) is 6.52. The van der Waals surface area contributed by atoms with Gasteiger partial charge in [-0.05, 0) is 96.2 Å². The van der Waals surface area contributed by atoms with Gasteiger partial charge in [-0.1, -0.05) is 55.0 Å². The van der Waals surface area contributed by atoms with Gasteiger partial charge in [-0.2, -0.15) is 5.10 Å². The predicted octanol–water partition coefficient (Wildman–Crippen LogP) is 7.01. The Morgan fingerprint density at radius 3 is 2.71 bits per heavy atom. The molecule has 3 atom stereocenters. The zero-order chi connectivity index (χ0) is 28.4. The van der Waals surface area contributed by atoms with Crippen LogP contribution in [-0.4, -0.2) is 22.9 Å². The first kappa shape index (κ1) is 26.8. The SMILES string of the molecule is COc1cccc(CNC(=O)NC(C[C@H]2CCC3=Cc4c(cnn4-c4ccc(F)cc4)C[C@@]32C)c2ccccc2)c1. The number of hydrogen-bond acceptors (Lipinski definition) is 3. The lowest BCUT2D eigenvalue weighted by Gasteiger charge is -2.37. The summed E-state index contributed by atoms with van der Waals surface area (Å²) in [6, 6.07) is 24.1. The molecule has 0 spiro atoms. The van der Waals surface area contributed by atoms with Crippen molar-refractivity contribution in [3.05, 3.63) is 119 Å². The van der Waals surface area contributed by atoms with E-state index in [4.69, 9.17) is 4.74 Å². The van der Waals surface area contributed by atoms with E-state index in [1.165, 1.54) is 23.3 Å². The summed E-state index contributed by atoms with van der Waals surface area (Å²) in [4.78, 5) is 13.1. The van der Waals surface area contributed by atoms with Gasteiger partial charge in [0.25, 0.3) is 0 Å². The number of amides is 2. The van der Waals surface area contributed by atoms with E-state index in [1.54, 1.807) is 19.2 Å². The Labute approximate surface area is 240 Å². The third-order valence-corrected chi connectivity index (χ3v) is 8.84. The number of fused-ring (bicyclic) bond motifs is 2. The second-order valence-electron chi connectivity index (χ2n) is 11.3. The van der Waals surface area contributed by atoms with Crippen LogP contribution in [0.25, 0.3) is 11.8 Å². The zero-order valence-corrected chi connectivity index (χ0v) is 23.4. The van der Waals surface area contributed by atoms with Crippen molar-refractivity contribution < 1.29 is 13.9 Å². The quantitative estimate of drug-likeness (QED) is 0.248. The Hall–Kier alpha value is -4.39. The molecule has 1 fully saturated rings. The second kappa shape index (κ2) is 11.2. The van der Waals surface area contributed by atoms with Crippen LogP contribution in [0.3, 0.4) is 0 Å². The molecule has 1 aromatic heterocycles. The molecule has 2 aliphatic carbocycles. The predicted molar refractivity (Wildman–Crippen MR) is 158 cm³/mol. The zero-order valence-electron chi connectivity index (χ0n) is 23.4. The molecule has 1 saturated carbocycles. The maximum atomic E-state index is 13.5. The molecule has 1 heterocycles. The molecule has 210 valence electrons. The average Bonchev–Trinajstić information content (AvgIpc) is 3.54. The topological polar surface area (TPSA) is 68.2 Å². The first-order valence-electron chi connectivity index (χ1n) is 14.2. The highest BCUT2D eigenvalue weighted by Gasteiger charge is 2.46. The Morgan fingerprint density at radius 2 is 1.93 bits per heavy atom. The van der Waals surface area contributed by atoms with Gasteiger partial charge >= 0.3 is 6.03 Å². The summed E-state index contributed by atoms with van der Waals surface area (Å²) in [5.74, 6) is 0.902. The molecule has 2 aliphatic rings. The van der Waals surface area contributed by atoms with E-state index in [9.17, 15) is 9.18 Å². The molecule has 0 bridgehead atoms. The van der Waals surface area contributed by atoms with Crippen LogP contribution in [0.2, 0.25) is 0 Å². The van der Waals surface area contributed by atoms with E-state index in [2.05, 4.69) is 40.9 Å². The maximum Gasteiger partial charge on any atom is 0.315 e. The molecular weight excluding hydrogens is 515 g/mol. The lowest BCUT2D eigenvalue weighted by molar-refractivity contribution is 0.216. The lowest BCUT2D eigenvalue weighted by Crippen LogP contribution is -2.39. The van der Waals surface area contributed by atoms with Crippen molar-refractivity contribution in [2.45, 2.75) is 45.2 Å². The number of urea groups is 1. The van der Waals surface area contributed by atoms with Gasteiger partial charge < -0.3 is 15.4 Å². The summed E-state index contributed by atoms with van der Waals surface area (Å²) in [5, 5.41) is 11.0. The molecule has 7 heteroatoms. The summed E-state index contributed by atoms with van der Waals surface area (Å²) in [5.41, 5.74) is 6.63. The first-order valence-corrected chi connectivity index (χ1v) is 14.2. The minimum absolute atomic E-state index is 0.0184. The Balaban J connectivity index is 1.19. The third kappa shape index (κ3) is 5.49. The molecule has 0 aliphatic heterocycles. The van der Waals surface area contributed by atoms with Gasteiger partial charge in [0.05, 0.1) is 30.7 Å². The standard InChI is InChI=1S/C34H35FN4O2/c1-34-20-25-22-37-39(29-15-13-28(35)14-16-29)32(25)19-27(34)12-11-26(34)18-31(24-8-4-3-5-9-24)38-33(40)36-21-23-7-6-10-30(17-23)41-2/h3-10,13-17,19,22,26,31H,11-12,18,20-21H2,1-2H3,(H2,36,38,40)/t26-,31?,34-/m1/s1. The summed E-state index contributed by atoms with van der Waals surface area (Å²) in [7, 11) is 1.64. The van der Waals surface area contributed by atoms with Crippen LogP contribution in [0.15, 0.2) is 90.6 Å².